The molecule has 0 aromatic carbocycles. The molecule has 0 radical (unpaired) electrons. The summed E-state index contributed by atoms with van der Waals surface area (Å²) in [6, 6.07) is 6.18. The summed E-state index contributed by atoms with van der Waals surface area (Å²) in [4.78, 5) is 9.52. The van der Waals surface area contributed by atoms with Gasteiger partial charge >= 0.3 is 0 Å². The number of pyridine rings is 1. The minimum Gasteiger partial charge on any atom is -0.304 e. The maximum Gasteiger partial charge on any atom is 0.137 e. The van der Waals surface area contributed by atoms with Crippen LogP contribution >= 0.6 is 0 Å². The van der Waals surface area contributed by atoms with Gasteiger partial charge in [0.25, 0.3) is 0 Å². The zero-order chi connectivity index (χ0) is 12.5. The summed E-state index contributed by atoms with van der Waals surface area (Å²) < 4.78 is 2.22. The van der Waals surface area contributed by atoms with Gasteiger partial charge in [-0.2, -0.15) is 0 Å². The molecule has 1 fully saturated rings. The second-order valence-corrected chi connectivity index (χ2v) is 5.15. The summed E-state index contributed by atoms with van der Waals surface area (Å²) in [5.74, 6) is 0. The highest BCUT2D eigenvalue weighted by molar-refractivity contribution is 5.42. The van der Waals surface area contributed by atoms with Crippen LogP contribution in [-0.4, -0.2) is 52.4 Å². The van der Waals surface area contributed by atoms with E-state index in [1.54, 1.807) is 0 Å². The van der Waals surface area contributed by atoms with E-state index in [0.717, 1.165) is 44.1 Å². The quantitative estimate of drug-likeness (QED) is 0.797. The summed E-state index contributed by atoms with van der Waals surface area (Å²) in [7, 11) is 2.19. The number of hydrogen-bond acceptors (Lipinski definition) is 3. The predicted molar refractivity (Wildman–Crippen MR) is 72.7 cm³/mol. The molecule has 0 amide bonds. The first-order valence-electron chi connectivity index (χ1n) is 6.57. The normalized spacial score (nSPS) is 18.6. The van der Waals surface area contributed by atoms with Gasteiger partial charge in [0, 0.05) is 38.9 Å². The molecule has 3 rings (SSSR count). The average molecular weight is 244 g/mol. The van der Waals surface area contributed by atoms with Crippen LogP contribution in [0.4, 0.5) is 0 Å². The number of nitrogens with zero attached hydrogens (tertiary/aromatic N) is 4. The van der Waals surface area contributed by atoms with E-state index in [1.807, 2.05) is 6.07 Å². The van der Waals surface area contributed by atoms with E-state index >= 15 is 0 Å². The first-order chi connectivity index (χ1) is 8.74. The molecule has 0 spiro atoms. The van der Waals surface area contributed by atoms with Crippen LogP contribution in [0.1, 0.15) is 11.4 Å². The summed E-state index contributed by atoms with van der Waals surface area (Å²) >= 11 is 0. The number of piperazine rings is 1. The molecule has 0 bridgehead atoms. The molecule has 3 heterocycles. The Labute approximate surface area is 108 Å². The first kappa shape index (κ1) is 11.7. The molecule has 4 heteroatoms. The van der Waals surface area contributed by atoms with Crippen LogP contribution in [0.15, 0.2) is 24.4 Å². The van der Waals surface area contributed by atoms with Crippen LogP contribution in [0.5, 0.6) is 0 Å². The lowest BCUT2D eigenvalue weighted by Crippen LogP contribution is -2.44. The number of likely N-dealkylation sites (N-methyl/N-ethyl adjacent to an activating group) is 1. The molecule has 1 aliphatic rings. The van der Waals surface area contributed by atoms with Crippen molar-refractivity contribution >= 4 is 5.65 Å². The Morgan fingerprint density at radius 1 is 1.17 bits per heavy atom. The molecule has 0 N–H and O–H groups in total. The van der Waals surface area contributed by atoms with E-state index in [-0.39, 0.29) is 0 Å². The Balaban J connectivity index is 1.84. The van der Waals surface area contributed by atoms with Gasteiger partial charge in [0.15, 0.2) is 0 Å². The lowest BCUT2D eigenvalue weighted by Gasteiger charge is -2.32. The average Bonchev–Trinajstić information content (AvgIpc) is 2.69. The Bertz CT molecular complexity index is 538. The van der Waals surface area contributed by atoms with E-state index in [1.165, 1.54) is 5.69 Å². The number of aromatic nitrogens is 2. The fourth-order valence-electron chi connectivity index (χ4n) is 2.57. The van der Waals surface area contributed by atoms with Crippen molar-refractivity contribution in [2.45, 2.75) is 13.5 Å². The maximum atomic E-state index is 4.62. The number of fused-ring (bicyclic) bond motifs is 1. The Kier molecular flexibility index (Phi) is 3.06. The molecule has 2 aromatic rings. The molecule has 0 saturated carbocycles. The van der Waals surface area contributed by atoms with E-state index < -0.39 is 0 Å². The highest BCUT2D eigenvalue weighted by Gasteiger charge is 2.17. The van der Waals surface area contributed by atoms with Crippen molar-refractivity contribution in [1.82, 2.24) is 19.2 Å². The van der Waals surface area contributed by atoms with E-state index in [4.69, 9.17) is 0 Å². The van der Waals surface area contributed by atoms with E-state index in [0.29, 0.717) is 0 Å². The van der Waals surface area contributed by atoms with Crippen molar-refractivity contribution in [3.05, 3.63) is 35.8 Å². The van der Waals surface area contributed by atoms with Crippen molar-refractivity contribution in [2.75, 3.05) is 33.2 Å². The fourth-order valence-corrected chi connectivity index (χ4v) is 2.57. The number of hydrogen-bond donors (Lipinski definition) is 0. The molecule has 96 valence electrons. The zero-order valence-corrected chi connectivity index (χ0v) is 11.1. The first-order valence-corrected chi connectivity index (χ1v) is 6.57. The second kappa shape index (κ2) is 4.71. The number of aryl methyl sites for hydroxylation is 1. The summed E-state index contributed by atoms with van der Waals surface area (Å²) in [6.07, 6.45) is 2.11. The molecular formula is C14H20N4. The zero-order valence-electron chi connectivity index (χ0n) is 11.1. The predicted octanol–water partition coefficient (Wildman–Crippen LogP) is 1.39. The van der Waals surface area contributed by atoms with Crippen LogP contribution in [-0.2, 0) is 6.54 Å². The summed E-state index contributed by atoms with van der Waals surface area (Å²) in [6.45, 7) is 7.74. The van der Waals surface area contributed by atoms with Crippen LogP contribution < -0.4 is 0 Å². The summed E-state index contributed by atoms with van der Waals surface area (Å²) in [5, 5.41) is 0. The van der Waals surface area contributed by atoms with Crippen LogP contribution in [0, 0.1) is 6.92 Å². The van der Waals surface area contributed by atoms with E-state index in [9.17, 15) is 0 Å². The second-order valence-electron chi connectivity index (χ2n) is 5.15. The Hall–Kier alpha value is -1.39. The molecule has 18 heavy (non-hydrogen) atoms. The fraction of sp³-hybridized carbons (Fsp3) is 0.500. The lowest BCUT2D eigenvalue weighted by molar-refractivity contribution is 0.146. The monoisotopic (exact) mass is 244 g/mol. The number of rotatable bonds is 2. The van der Waals surface area contributed by atoms with Crippen LogP contribution in [0.2, 0.25) is 0 Å². The van der Waals surface area contributed by atoms with Gasteiger partial charge in [0.05, 0.1) is 11.4 Å². The van der Waals surface area contributed by atoms with Crippen molar-refractivity contribution in [2.24, 2.45) is 0 Å². The molecule has 0 atom stereocenters. The highest BCUT2D eigenvalue weighted by atomic mass is 15.3. The Morgan fingerprint density at radius 2 is 1.94 bits per heavy atom. The molecular weight excluding hydrogens is 224 g/mol. The van der Waals surface area contributed by atoms with Crippen LogP contribution in [0.3, 0.4) is 0 Å². The number of imidazole rings is 1. The smallest absolute Gasteiger partial charge is 0.137 e. The van der Waals surface area contributed by atoms with Gasteiger partial charge in [-0.1, -0.05) is 6.07 Å². The van der Waals surface area contributed by atoms with Gasteiger partial charge in [0.2, 0.25) is 0 Å². The SMILES string of the molecule is Cc1nc2ccccn2c1CN1CCN(C)CC1. The van der Waals surface area contributed by atoms with E-state index in [2.05, 4.69) is 51.5 Å². The van der Waals surface area contributed by atoms with Crippen molar-refractivity contribution < 1.29 is 0 Å². The van der Waals surface area contributed by atoms with Gasteiger partial charge < -0.3 is 9.30 Å². The van der Waals surface area contributed by atoms with Crippen molar-refractivity contribution in [3.63, 3.8) is 0 Å². The van der Waals surface area contributed by atoms with Gasteiger partial charge in [-0.05, 0) is 26.1 Å². The third-order valence-corrected chi connectivity index (χ3v) is 3.80. The molecule has 4 nitrogen and oxygen atoms in total. The topological polar surface area (TPSA) is 23.8 Å². The largest absolute Gasteiger partial charge is 0.304 e. The molecule has 0 unspecified atom stereocenters. The molecule has 2 aromatic heterocycles. The third kappa shape index (κ3) is 2.13. The minimum absolute atomic E-state index is 1.00. The van der Waals surface area contributed by atoms with Gasteiger partial charge in [0.1, 0.15) is 5.65 Å². The standard InChI is InChI=1S/C14H20N4/c1-12-13(11-17-9-7-16(2)8-10-17)18-6-4-3-5-14(18)15-12/h3-6H,7-11H2,1-2H3. The minimum atomic E-state index is 1.00. The molecule has 1 aliphatic heterocycles. The van der Waals surface area contributed by atoms with Gasteiger partial charge in [-0.3, -0.25) is 4.90 Å². The third-order valence-electron chi connectivity index (χ3n) is 3.80. The van der Waals surface area contributed by atoms with Gasteiger partial charge in [-0.25, -0.2) is 4.98 Å². The van der Waals surface area contributed by atoms with Gasteiger partial charge in [-0.15, -0.1) is 0 Å². The lowest BCUT2D eigenvalue weighted by atomic mass is 10.2. The summed E-state index contributed by atoms with van der Waals surface area (Å²) in [5.41, 5.74) is 3.54. The molecule has 1 saturated heterocycles. The Morgan fingerprint density at radius 3 is 2.72 bits per heavy atom. The van der Waals surface area contributed by atoms with Crippen molar-refractivity contribution in [3.8, 4) is 0 Å². The van der Waals surface area contributed by atoms with Crippen molar-refractivity contribution in [1.29, 1.82) is 0 Å². The molecule has 0 aliphatic carbocycles. The van der Waals surface area contributed by atoms with Crippen LogP contribution in [0.25, 0.3) is 5.65 Å². The maximum absolute atomic E-state index is 4.62. The highest BCUT2D eigenvalue weighted by Crippen LogP contribution is 2.14.